The van der Waals surface area contributed by atoms with Crippen LogP contribution in [0.1, 0.15) is 32.1 Å². The molecule has 2 fully saturated rings. The molecule has 0 aromatic rings. The fourth-order valence-electron chi connectivity index (χ4n) is 1.45. The van der Waals surface area contributed by atoms with Gasteiger partial charge in [-0.3, -0.25) is 0 Å². The third-order valence-corrected chi connectivity index (χ3v) is 2.19. The van der Waals surface area contributed by atoms with Gasteiger partial charge in [-0.25, -0.2) is 0 Å². The first-order valence-electron chi connectivity index (χ1n) is 3.16. The Hall–Kier alpha value is 0. The summed E-state index contributed by atoms with van der Waals surface area (Å²) in [4.78, 5) is 0. The lowest BCUT2D eigenvalue weighted by atomic mass is 10.1. The zero-order chi connectivity index (χ0) is 4.74. The summed E-state index contributed by atoms with van der Waals surface area (Å²) >= 11 is 0. The Balaban J connectivity index is 2.07. The van der Waals surface area contributed by atoms with Crippen LogP contribution in [0.15, 0.2) is 0 Å². The van der Waals surface area contributed by atoms with Gasteiger partial charge in [-0.05, 0) is 37.5 Å². The molecule has 0 atom stereocenters. The lowest BCUT2D eigenvalue weighted by Gasteiger charge is -1.96. The first-order valence-corrected chi connectivity index (χ1v) is 3.16. The molecule has 2 rings (SSSR count). The van der Waals surface area contributed by atoms with Crippen LogP contribution < -0.4 is 0 Å². The van der Waals surface area contributed by atoms with Gasteiger partial charge >= 0.3 is 0 Å². The highest BCUT2D eigenvalue weighted by Crippen LogP contribution is 2.56. The van der Waals surface area contributed by atoms with E-state index in [1.165, 1.54) is 32.1 Å². The van der Waals surface area contributed by atoms with Crippen molar-refractivity contribution in [3.8, 4) is 0 Å². The molecule has 0 bridgehead atoms. The van der Waals surface area contributed by atoms with E-state index in [9.17, 15) is 0 Å². The van der Waals surface area contributed by atoms with E-state index in [0.717, 1.165) is 0 Å². The predicted octanol–water partition coefficient (Wildman–Crippen LogP) is 2.03. The maximum Gasteiger partial charge on any atom is -0.0106 e. The molecule has 38 valence electrons. The summed E-state index contributed by atoms with van der Waals surface area (Å²) in [6, 6.07) is 0. The molecule has 2 aliphatic rings. The standard InChI is InChI=1S/C7H10/c1-2-4-7(3-1)5-6-7/h1-3,5-6H2. The third-order valence-electron chi connectivity index (χ3n) is 2.19. The summed E-state index contributed by atoms with van der Waals surface area (Å²) in [5.74, 6) is 0. The average Bonchev–Trinajstić information content (AvgIpc) is 2.15. The molecular weight excluding hydrogens is 84.1 g/mol. The van der Waals surface area contributed by atoms with Crippen LogP contribution in [0.5, 0.6) is 0 Å². The molecule has 0 aromatic carbocycles. The van der Waals surface area contributed by atoms with Crippen molar-refractivity contribution < 1.29 is 0 Å². The second kappa shape index (κ2) is 1.04. The van der Waals surface area contributed by atoms with Gasteiger partial charge in [-0.1, -0.05) is 6.42 Å². The van der Waals surface area contributed by atoms with Crippen molar-refractivity contribution in [3.05, 3.63) is 6.42 Å². The van der Waals surface area contributed by atoms with Crippen molar-refractivity contribution >= 4 is 0 Å². The maximum atomic E-state index is 3.51. The number of rotatable bonds is 0. The molecule has 0 heteroatoms. The lowest BCUT2D eigenvalue weighted by molar-refractivity contribution is 0.620. The van der Waals surface area contributed by atoms with E-state index < -0.39 is 0 Å². The summed E-state index contributed by atoms with van der Waals surface area (Å²) in [5, 5.41) is 0. The zero-order valence-electron chi connectivity index (χ0n) is 4.54. The molecule has 7 heavy (non-hydrogen) atoms. The largest absolute Gasteiger partial charge is 0.0522 e. The van der Waals surface area contributed by atoms with Gasteiger partial charge in [0.15, 0.2) is 0 Å². The molecule has 2 radical (unpaired) electrons. The quantitative estimate of drug-likeness (QED) is 0.431. The highest BCUT2D eigenvalue weighted by atomic mass is 14.5. The third kappa shape index (κ3) is 0.490. The zero-order valence-corrected chi connectivity index (χ0v) is 4.54. The summed E-state index contributed by atoms with van der Waals surface area (Å²) in [5.41, 5.74) is 0.694. The van der Waals surface area contributed by atoms with E-state index in [0.29, 0.717) is 5.41 Å². The molecular formula is C7H10. The van der Waals surface area contributed by atoms with E-state index in [1.54, 1.807) is 0 Å². The summed E-state index contributed by atoms with van der Waals surface area (Å²) < 4.78 is 0. The van der Waals surface area contributed by atoms with Gasteiger partial charge in [0.25, 0.3) is 0 Å². The molecule has 0 nitrogen and oxygen atoms in total. The van der Waals surface area contributed by atoms with Crippen molar-refractivity contribution in [2.75, 3.05) is 0 Å². The van der Waals surface area contributed by atoms with Gasteiger partial charge in [0.05, 0.1) is 0 Å². The highest BCUT2D eigenvalue weighted by Gasteiger charge is 2.44. The molecule has 2 saturated carbocycles. The van der Waals surface area contributed by atoms with Crippen LogP contribution in [0.2, 0.25) is 0 Å². The van der Waals surface area contributed by atoms with Crippen molar-refractivity contribution in [1.82, 2.24) is 0 Å². The van der Waals surface area contributed by atoms with E-state index in [2.05, 4.69) is 6.42 Å². The van der Waals surface area contributed by atoms with Crippen LogP contribution in [0, 0.1) is 11.8 Å². The summed E-state index contributed by atoms with van der Waals surface area (Å²) in [7, 11) is 0. The van der Waals surface area contributed by atoms with Gasteiger partial charge in [0, 0.05) is 0 Å². The van der Waals surface area contributed by atoms with E-state index in [4.69, 9.17) is 0 Å². The topological polar surface area (TPSA) is 0 Å². The molecule has 0 heterocycles. The molecule has 0 saturated heterocycles. The van der Waals surface area contributed by atoms with E-state index >= 15 is 0 Å². The Morgan fingerprint density at radius 2 is 2.00 bits per heavy atom. The normalized spacial score (nSPS) is 34.3. The summed E-state index contributed by atoms with van der Waals surface area (Å²) in [6.07, 6.45) is 10.6. The van der Waals surface area contributed by atoms with Gasteiger partial charge in [0.1, 0.15) is 0 Å². The molecule has 2 aliphatic carbocycles. The Morgan fingerprint density at radius 1 is 1.14 bits per heavy atom. The smallest absolute Gasteiger partial charge is 0.0106 e. The fraction of sp³-hybridized carbons (Fsp3) is 0.857. The molecule has 0 aromatic heterocycles. The Bertz CT molecular complexity index is 72.0. The van der Waals surface area contributed by atoms with E-state index in [-0.39, 0.29) is 0 Å². The van der Waals surface area contributed by atoms with Crippen LogP contribution in [0.25, 0.3) is 0 Å². The van der Waals surface area contributed by atoms with Crippen LogP contribution in [0.3, 0.4) is 0 Å². The summed E-state index contributed by atoms with van der Waals surface area (Å²) in [6.45, 7) is 0. The minimum atomic E-state index is 0.694. The van der Waals surface area contributed by atoms with Gasteiger partial charge in [-0.2, -0.15) is 0 Å². The number of hydrogen-bond acceptors (Lipinski definition) is 0. The van der Waals surface area contributed by atoms with Crippen molar-refractivity contribution in [3.63, 3.8) is 0 Å². The van der Waals surface area contributed by atoms with Crippen LogP contribution in [-0.2, 0) is 0 Å². The van der Waals surface area contributed by atoms with Crippen LogP contribution in [0.4, 0.5) is 0 Å². The average molecular weight is 94.2 g/mol. The molecule has 0 amide bonds. The van der Waals surface area contributed by atoms with Crippen LogP contribution in [-0.4, -0.2) is 0 Å². The molecule has 1 spiro atoms. The van der Waals surface area contributed by atoms with E-state index in [1.807, 2.05) is 0 Å². The fourth-order valence-corrected chi connectivity index (χ4v) is 1.45. The van der Waals surface area contributed by atoms with Crippen molar-refractivity contribution in [2.45, 2.75) is 32.1 Å². The van der Waals surface area contributed by atoms with Crippen molar-refractivity contribution in [2.24, 2.45) is 5.41 Å². The van der Waals surface area contributed by atoms with Gasteiger partial charge in [0.2, 0.25) is 0 Å². The predicted molar refractivity (Wildman–Crippen MR) is 28.8 cm³/mol. The SMILES string of the molecule is [C]1CCCC12CC2. The number of hydrogen-bond donors (Lipinski definition) is 0. The first-order chi connectivity index (χ1) is 3.41. The maximum absolute atomic E-state index is 3.51. The minimum absolute atomic E-state index is 0.694. The second-order valence-corrected chi connectivity index (χ2v) is 2.81. The second-order valence-electron chi connectivity index (χ2n) is 2.81. The van der Waals surface area contributed by atoms with Crippen molar-refractivity contribution in [1.29, 1.82) is 0 Å². The minimum Gasteiger partial charge on any atom is -0.0522 e. The molecule has 0 unspecified atom stereocenters. The Morgan fingerprint density at radius 3 is 2.29 bits per heavy atom. The monoisotopic (exact) mass is 94.1 g/mol. The molecule has 0 aliphatic heterocycles. The van der Waals surface area contributed by atoms with Gasteiger partial charge in [-0.15, -0.1) is 0 Å². The highest BCUT2D eigenvalue weighted by molar-refractivity contribution is 5.07. The lowest BCUT2D eigenvalue weighted by Crippen LogP contribution is -1.87. The Kier molecular flexibility index (Phi) is 0.586. The van der Waals surface area contributed by atoms with Crippen LogP contribution >= 0.6 is 0 Å². The Labute approximate surface area is 44.9 Å². The first kappa shape index (κ1) is 3.94. The van der Waals surface area contributed by atoms with Gasteiger partial charge < -0.3 is 0 Å². The molecule has 0 N–H and O–H groups in total.